The van der Waals surface area contributed by atoms with Gasteiger partial charge in [-0.1, -0.05) is 11.6 Å². The van der Waals surface area contributed by atoms with Gasteiger partial charge in [0.25, 0.3) is 11.3 Å². The average molecular weight is 215 g/mol. The van der Waals surface area contributed by atoms with Crippen molar-refractivity contribution >= 4 is 23.3 Å². The van der Waals surface area contributed by atoms with Crippen LogP contribution in [0.25, 0.3) is 5.78 Å². The van der Waals surface area contributed by atoms with Crippen molar-refractivity contribution in [2.24, 2.45) is 0 Å². The molecule has 2 aromatic heterocycles. The van der Waals surface area contributed by atoms with Crippen molar-refractivity contribution in [3.63, 3.8) is 0 Å². The Labute approximate surface area is 81.0 Å². The summed E-state index contributed by atoms with van der Waals surface area (Å²) in [7, 11) is 0. The minimum absolute atomic E-state index is 0.0307. The summed E-state index contributed by atoms with van der Waals surface area (Å²) < 4.78 is 0.953. The fourth-order valence-corrected chi connectivity index (χ4v) is 1.19. The van der Waals surface area contributed by atoms with Gasteiger partial charge >= 0.3 is 5.97 Å². The van der Waals surface area contributed by atoms with Crippen molar-refractivity contribution in [2.75, 3.05) is 0 Å². The molecule has 0 saturated carbocycles. The van der Waals surface area contributed by atoms with Crippen LogP contribution >= 0.6 is 11.6 Å². The van der Waals surface area contributed by atoms with Crippen molar-refractivity contribution in [3.8, 4) is 0 Å². The number of nitrogens with zero attached hydrogens (tertiary/aromatic N) is 3. The molecular formula is C6H3ClN4O3. The number of carboxylic acids is 1. The SMILES string of the molecule is O=C(O)c1nc2nc[nH]n2c(=O)c1Cl. The second-order valence-electron chi connectivity index (χ2n) is 2.41. The summed E-state index contributed by atoms with van der Waals surface area (Å²) in [6.07, 6.45) is 1.21. The van der Waals surface area contributed by atoms with Gasteiger partial charge in [-0.25, -0.2) is 14.8 Å². The number of hydrogen-bond acceptors (Lipinski definition) is 4. The first-order chi connectivity index (χ1) is 6.61. The maximum absolute atomic E-state index is 11.4. The van der Waals surface area contributed by atoms with Gasteiger partial charge in [0.15, 0.2) is 5.69 Å². The van der Waals surface area contributed by atoms with Gasteiger partial charge in [0.1, 0.15) is 11.3 Å². The van der Waals surface area contributed by atoms with Crippen LogP contribution in [0, 0.1) is 0 Å². The first-order valence-corrected chi connectivity index (χ1v) is 3.84. The van der Waals surface area contributed by atoms with Gasteiger partial charge in [0.05, 0.1) is 0 Å². The number of rotatable bonds is 1. The van der Waals surface area contributed by atoms with Gasteiger partial charge in [-0.05, 0) is 0 Å². The molecule has 72 valence electrons. The van der Waals surface area contributed by atoms with E-state index in [1.165, 1.54) is 6.33 Å². The quantitative estimate of drug-likeness (QED) is 0.683. The summed E-state index contributed by atoms with van der Waals surface area (Å²) >= 11 is 5.50. The molecule has 0 bridgehead atoms. The number of nitrogens with one attached hydrogen (secondary N) is 1. The van der Waals surface area contributed by atoms with Gasteiger partial charge in [-0.3, -0.25) is 9.89 Å². The minimum Gasteiger partial charge on any atom is -0.476 e. The molecule has 0 radical (unpaired) electrons. The van der Waals surface area contributed by atoms with Crippen LogP contribution in [0.1, 0.15) is 10.5 Å². The third-order valence-electron chi connectivity index (χ3n) is 1.58. The molecule has 0 fully saturated rings. The second-order valence-corrected chi connectivity index (χ2v) is 2.79. The Bertz CT molecular complexity index is 572. The van der Waals surface area contributed by atoms with E-state index in [4.69, 9.17) is 16.7 Å². The lowest BCUT2D eigenvalue weighted by atomic mass is 10.4. The molecular weight excluding hydrogens is 212 g/mol. The Morgan fingerprint density at radius 2 is 2.36 bits per heavy atom. The van der Waals surface area contributed by atoms with Crippen LogP contribution in [0.2, 0.25) is 5.02 Å². The molecule has 2 aromatic rings. The van der Waals surface area contributed by atoms with E-state index in [9.17, 15) is 9.59 Å². The van der Waals surface area contributed by atoms with E-state index in [1.807, 2.05) is 0 Å². The number of carbonyl (C=O) groups is 1. The van der Waals surface area contributed by atoms with Crippen molar-refractivity contribution in [1.29, 1.82) is 0 Å². The van der Waals surface area contributed by atoms with Crippen molar-refractivity contribution in [1.82, 2.24) is 19.6 Å². The molecule has 0 saturated heterocycles. The zero-order valence-corrected chi connectivity index (χ0v) is 7.32. The predicted molar refractivity (Wildman–Crippen MR) is 45.6 cm³/mol. The summed E-state index contributed by atoms with van der Waals surface area (Å²) in [5.41, 5.74) is -1.18. The zero-order valence-electron chi connectivity index (χ0n) is 6.56. The fraction of sp³-hybridized carbons (Fsp3) is 0. The summed E-state index contributed by atoms with van der Waals surface area (Å²) in [6.45, 7) is 0. The van der Waals surface area contributed by atoms with Gasteiger partial charge < -0.3 is 5.11 Å². The first kappa shape index (κ1) is 8.70. The molecule has 7 nitrogen and oxygen atoms in total. The Morgan fingerprint density at radius 3 is 3.00 bits per heavy atom. The first-order valence-electron chi connectivity index (χ1n) is 3.46. The van der Waals surface area contributed by atoms with Crippen LogP contribution in [-0.2, 0) is 0 Å². The highest BCUT2D eigenvalue weighted by molar-refractivity contribution is 6.33. The summed E-state index contributed by atoms with van der Waals surface area (Å²) in [5, 5.41) is 10.7. The third-order valence-corrected chi connectivity index (χ3v) is 1.92. The molecule has 8 heteroatoms. The van der Waals surface area contributed by atoms with Gasteiger partial charge in [-0.15, -0.1) is 0 Å². The van der Waals surface area contributed by atoms with Gasteiger partial charge in [0.2, 0.25) is 0 Å². The van der Waals surface area contributed by atoms with Crippen LogP contribution in [0.4, 0.5) is 0 Å². The number of hydrogen-bond donors (Lipinski definition) is 2. The van der Waals surface area contributed by atoms with Gasteiger partial charge in [-0.2, -0.15) is 4.52 Å². The smallest absolute Gasteiger partial charge is 0.356 e. The van der Waals surface area contributed by atoms with Crippen LogP contribution < -0.4 is 5.56 Å². The molecule has 14 heavy (non-hydrogen) atoms. The summed E-state index contributed by atoms with van der Waals surface area (Å²) in [5.74, 6) is -1.39. The van der Waals surface area contributed by atoms with Crippen molar-refractivity contribution in [2.45, 2.75) is 0 Å². The highest BCUT2D eigenvalue weighted by Gasteiger charge is 2.17. The Kier molecular flexibility index (Phi) is 1.74. The lowest BCUT2D eigenvalue weighted by Crippen LogP contribution is -2.20. The number of aromatic amines is 1. The molecule has 0 unspecified atom stereocenters. The molecule has 0 aromatic carbocycles. The number of H-pyrrole nitrogens is 1. The van der Waals surface area contributed by atoms with E-state index in [1.54, 1.807) is 0 Å². The van der Waals surface area contributed by atoms with E-state index < -0.39 is 22.2 Å². The molecule has 0 spiro atoms. The number of carboxylic acid groups (broad SMARTS) is 1. The number of fused-ring (bicyclic) bond motifs is 1. The van der Waals surface area contributed by atoms with E-state index in [-0.39, 0.29) is 5.78 Å². The van der Waals surface area contributed by atoms with Crippen molar-refractivity contribution in [3.05, 3.63) is 27.4 Å². The molecule has 2 N–H and O–H groups in total. The molecule has 0 aliphatic rings. The Hall–Kier alpha value is -1.89. The molecule has 2 rings (SSSR count). The largest absolute Gasteiger partial charge is 0.476 e. The van der Waals surface area contributed by atoms with Crippen LogP contribution in [0.3, 0.4) is 0 Å². The summed E-state index contributed by atoms with van der Waals surface area (Å²) in [6, 6.07) is 0. The Morgan fingerprint density at radius 1 is 1.64 bits per heavy atom. The molecule has 0 aliphatic heterocycles. The average Bonchev–Trinajstić information content (AvgIpc) is 2.58. The topological polar surface area (TPSA) is 100 Å². The fourth-order valence-electron chi connectivity index (χ4n) is 0.978. The maximum Gasteiger partial charge on any atom is 0.356 e. The van der Waals surface area contributed by atoms with E-state index >= 15 is 0 Å². The number of aromatic carboxylic acids is 1. The summed E-state index contributed by atoms with van der Waals surface area (Å²) in [4.78, 5) is 29.2. The third kappa shape index (κ3) is 1.06. The second kappa shape index (κ2) is 2.81. The standard InChI is InChI=1S/C6H3ClN4O3/c7-2-3(5(13)14)10-6-8-1-9-11(6)4(2)12/h1H,(H,13,14)(H,8,9,10). The van der Waals surface area contributed by atoms with Gasteiger partial charge in [0, 0.05) is 0 Å². The van der Waals surface area contributed by atoms with Crippen LogP contribution in [0.5, 0.6) is 0 Å². The minimum atomic E-state index is -1.36. The maximum atomic E-state index is 11.4. The van der Waals surface area contributed by atoms with E-state index in [0.717, 1.165) is 4.52 Å². The highest BCUT2D eigenvalue weighted by atomic mass is 35.5. The lowest BCUT2D eigenvalue weighted by molar-refractivity contribution is 0.0690. The number of aromatic nitrogens is 4. The molecule has 0 amide bonds. The predicted octanol–water partition coefficient (Wildman–Crippen LogP) is -0.231. The van der Waals surface area contributed by atoms with Crippen LogP contribution in [0.15, 0.2) is 11.1 Å². The monoisotopic (exact) mass is 214 g/mol. The number of halogens is 1. The zero-order chi connectivity index (χ0) is 10.3. The van der Waals surface area contributed by atoms with Crippen molar-refractivity contribution < 1.29 is 9.90 Å². The molecule has 0 atom stereocenters. The van der Waals surface area contributed by atoms with Crippen LogP contribution in [-0.4, -0.2) is 30.7 Å². The van der Waals surface area contributed by atoms with E-state index in [0.29, 0.717) is 0 Å². The Balaban J connectivity index is 2.94. The van der Waals surface area contributed by atoms with E-state index in [2.05, 4.69) is 15.1 Å². The lowest BCUT2D eigenvalue weighted by Gasteiger charge is -1.96. The highest BCUT2D eigenvalue weighted by Crippen LogP contribution is 2.08. The molecule has 0 aliphatic carbocycles. The normalized spacial score (nSPS) is 10.6. The molecule has 2 heterocycles.